The summed E-state index contributed by atoms with van der Waals surface area (Å²) in [6, 6.07) is 3.57. The van der Waals surface area contributed by atoms with Crippen LogP contribution in [-0.2, 0) is 0 Å². The molecule has 5 heteroatoms. The lowest BCUT2D eigenvalue weighted by Gasteiger charge is -1.98. The van der Waals surface area contributed by atoms with Crippen LogP contribution in [0.2, 0.25) is 0 Å². The topological polar surface area (TPSA) is 80.5 Å². The fraction of sp³-hybridized carbons (Fsp3) is 0.300. The maximum Gasteiger partial charge on any atom is 0.201 e. The summed E-state index contributed by atoms with van der Waals surface area (Å²) in [6.07, 6.45) is 1.68. The van der Waals surface area contributed by atoms with E-state index in [1.54, 1.807) is 18.3 Å². The van der Waals surface area contributed by atoms with Crippen LogP contribution in [0.4, 0.5) is 5.69 Å². The average molecular weight is 203 g/mol. The van der Waals surface area contributed by atoms with Gasteiger partial charge < -0.3 is 5.73 Å². The molecule has 0 saturated heterocycles. The summed E-state index contributed by atoms with van der Waals surface area (Å²) in [5, 5.41) is 6.96. The molecule has 0 fully saturated rings. The van der Waals surface area contributed by atoms with Gasteiger partial charge in [0.2, 0.25) is 5.82 Å². The first-order valence-corrected chi connectivity index (χ1v) is 4.81. The lowest BCUT2D eigenvalue weighted by molar-refractivity contribution is 0.781. The fourth-order valence-electron chi connectivity index (χ4n) is 1.24. The number of hydrogen-bond acceptors (Lipinski definition) is 4. The van der Waals surface area contributed by atoms with Gasteiger partial charge >= 0.3 is 0 Å². The second-order valence-electron chi connectivity index (χ2n) is 3.64. The second-order valence-corrected chi connectivity index (χ2v) is 3.64. The van der Waals surface area contributed by atoms with E-state index in [0.29, 0.717) is 23.1 Å². The van der Waals surface area contributed by atoms with E-state index in [1.807, 2.05) is 13.8 Å². The van der Waals surface area contributed by atoms with E-state index in [9.17, 15) is 0 Å². The number of rotatable bonds is 2. The molecule has 0 aromatic carbocycles. The van der Waals surface area contributed by atoms with Crippen molar-refractivity contribution in [1.82, 2.24) is 20.2 Å². The third-order valence-corrected chi connectivity index (χ3v) is 2.10. The highest BCUT2D eigenvalue weighted by Gasteiger charge is 2.11. The molecule has 3 N–H and O–H groups in total. The van der Waals surface area contributed by atoms with E-state index < -0.39 is 0 Å². The van der Waals surface area contributed by atoms with Crippen LogP contribution in [-0.4, -0.2) is 20.2 Å². The van der Waals surface area contributed by atoms with Crippen molar-refractivity contribution < 1.29 is 0 Å². The van der Waals surface area contributed by atoms with Gasteiger partial charge in [-0.3, -0.25) is 10.1 Å². The van der Waals surface area contributed by atoms with Gasteiger partial charge in [0.05, 0.1) is 5.69 Å². The molecule has 0 atom stereocenters. The van der Waals surface area contributed by atoms with Crippen LogP contribution in [0.3, 0.4) is 0 Å². The molecule has 0 unspecified atom stereocenters. The van der Waals surface area contributed by atoms with Crippen LogP contribution in [0.5, 0.6) is 0 Å². The Bertz CT molecular complexity index is 460. The smallest absolute Gasteiger partial charge is 0.201 e. The number of anilines is 1. The lowest BCUT2D eigenvalue weighted by Crippen LogP contribution is -1.94. The van der Waals surface area contributed by atoms with Crippen molar-refractivity contribution in [2.45, 2.75) is 19.8 Å². The minimum Gasteiger partial charge on any atom is -0.397 e. The number of nitrogen functional groups attached to an aromatic ring is 1. The largest absolute Gasteiger partial charge is 0.397 e. The van der Waals surface area contributed by atoms with Crippen molar-refractivity contribution >= 4 is 5.69 Å². The van der Waals surface area contributed by atoms with Gasteiger partial charge in [0.1, 0.15) is 11.5 Å². The van der Waals surface area contributed by atoms with E-state index >= 15 is 0 Å². The van der Waals surface area contributed by atoms with Gasteiger partial charge in [-0.2, -0.15) is 5.10 Å². The van der Waals surface area contributed by atoms with Crippen LogP contribution in [0.1, 0.15) is 25.6 Å². The number of pyridine rings is 1. The molecular formula is C10H13N5. The zero-order valence-corrected chi connectivity index (χ0v) is 8.73. The third-order valence-electron chi connectivity index (χ3n) is 2.10. The second kappa shape index (κ2) is 3.68. The number of hydrogen-bond donors (Lipinski definition) is 2. The number of aromatic nitrogens is 4. The van der Waals surface area contributed by atoms with Crippen molar-refractivity contribution in [2.75, 3.05) is 5.73 Å². The molecule has 78 valence electrons. The van der Waals surface area contributed by atoms with Gasteiger partial charge in [-0.25, -0.2) is 4.98 Å². The Morgan fingerprint density at radius 2 is 2.20 bits per heavy atom. The van der Waals surface area contributed by atoms with Crippen LogP contribution in [0, 0.1) is 0 Å². The van der Waals surface area contributed by atoms with Crippen molar-refractivity contribution in [3.8, 4) is 11.5 Å². The van der Waals surface area contributed by atoms with E-state index in [0.717, 1.165) is 5.82 Å². The first-order chi connectivity index (χ1) is 7.18. The minimum atomic E-state index is 0.316. The molecule has 0 aliphatic carbocycles. The molecule has 0 bridgehead atoms. The Labute approximate surface area is 87.8 Å². The van der Waals surface area contributed by atoms with Gasteiger partial charge in [0.15, 0.2) is 0 Å². The predicted octanol–water partition coefficient (Wildman–Crippen LogP) is 1.57. The molecular weight excluding hydrogens is 190 g/mol. The molecule has 2 aromatic rings. The standard InChI is InChI=1S/C10H13N5/c1-6(2)9-13-10(15-14-9)8-7(11)4-3-5-12-8/h3-6H,11H2,1-2H3,(H,13,14,15). The van der Waals surface area contributed by atoms with Crippen molar-refractivity contribution in [2.24, 2.45) is 0 Å². The molecule has 0 aliphatic heterocycles. The molecule has 0 amide bonds. The van der Waals surface area contributed by atoms with E-state index in [4.69, 9.17) is 5.73 Å². The molecule has 0 aliphatic rings. The Morgan fingerprint density at radius 1 is 1.40 bits per heavy atom. The zero-order valence-electron chi connectivity index (χ0n) is 8.73. The summed E-state index contributed by atoms with van der Waals surface area (Å²) in [5.41, 5.74) is 7.00. The molecule has 15 heavy (non-hydrogen) atoms. The van der Waals surface area contributed by atoms with Crippen LogP contribution < -0.4 is 5.73 Å². The van der Waals surface area contributed by atoms with E-state index in [2.05, 4.69) is 20.2 Å². The Morgan fingerprint density at radius 3 is 2.80 bits per heavy atom. The first-order valence-electron chi connectivity index (χ1n) is 4.81. The Hall–Kier alpha value is -1.91. The van der Waals surface area contributed by atoms with Crippen LogP contribution in [0.25, 0.3) is 11.5 Å². The summed E-state index contributed by atoms with van der Waals surface area (Å²) in [4.78, 5) is 8.48. The molecule has 2 heterocycles. The lowest BCUT2D eigenvalue weighted by atomic mass is 10.2. The third kappa shape index (κ3) is 1.81. The molecule has 2 aromatic heterocycles. The minimum absolute atomic E-state index is 0.316. The van der Waals surface area contributed by atoms with Gasteiger partial charge in [-0.05, 0) is 12.1 Å². The summed E-state index contributed by atoms with van der Waals surface area (Å²) in [5.74, 6) is 1.71. The number of nitrogens with zero attached hydrogens (tertiary/aromatic N) is 3. The fourth-order valence-corrected chi connectivity index (χ4v) is 1.24. The first kappa shape index (κ1) is 9.64. The van der Waals surface area contributed by atoms with Gasteiger partial charge in [0.25, 0.3) is 0 Å². The number of nitrogens with one attached hydrogen (secondary N) is 1. The summed E-state index contributed by atoms with van der Waals surface area (Å²) in [7, 11) is 0. The quantitative estimate of drug-likeness (QED) is 0.776. The molecule has 0 saturated carbocycles. The maximum absolute atomic E-state index is 5.78. The average Bonchev–Trinajstić information content (AvgIpc) is 2.67. The predicted molar refractivity (Wildman–Crippen MR) is 58.1 cm³/mol. The number of nitrogens with two attached hydrogens (primary N) is 1. The SMILES string of the molecule is CC(C)c1nc(-c2ncccc2N)n[nH]1. The maximum atomic E-state index is 5.78. The van der Waals surface area contributed by atoms with Crippen molar-refractivity contribution in [1.29, 1.82) is 0 Å². The van der Waals surface area contributed by atoms with Gasteiger partial charge in [0, 0.05) is 12.1 Å². The summed E-state index contributed by atoms with van der Waals surface area (Å²) in [6.45, 7) is 4.10. The highest BCUT2D eigenvalue weighted by molar-refractivity contribution is 5.66. The van der Waals surface area contributed by atoms with E-state index in [1.165, 1.54) is 0 Å². The molecule has 0 spiro atoms. The normalized spacial score (nSPS) is 10.9. The molecule has 2 rings (SSSR count). The van der Waals surface area contributed by atoms with Gasteiger partial charge in [-0.1, -0.05) is 13.8 Å². The van der Waals surface area contributed by atoms with E-state index in [-0.39, 0.29) is 0 Å². The zero-order chi connectivity index (χ0) is 10.8. The number of aromatic amines is 1. The monoisotopic (exact) mass is 203 g/mol. The Balaban J connectivity index is 2.42. The highest BCUT2D eigenvalue weighted by Crippen LogP contribution is 2.20. The molecule has 0 radical (unpaired) electrons. The van der Waals surface area contributed by atoms with Gasteiger partial charge in [-0.15, -0.1) is 0 Å². The van der Waals surface area contributed by atoms with Crippen LogP contribution >= 0.6 is 0 Å². The molecule has 5 nitrogen and oxygen atoms in total. The van der Waals surface area contributed by atoms with Crippen molar-refractivity contribution in [3.63, 3.8) is 0 Å². The Kier molecular flexibility index (Phi) is 2.37. The summed E-state index contributed by atoms with van der Waals surface area (Å²) >= 11 is 0. The summed E-state index contributed by atoms with van der Waals surface area (Å²) < 4.78 is 0. The van der Waals surface area contributed by atoms with Crippen molar-refractivity contribution in [3.05, 3.63) is 24.2 Å². The van der Waals surface area contributed by atoms with Crippen LogP contribution in [0.15, 0.2) is 18.3 Å². The number of H-pyrrole nitrogens is 1. The highest BCUT2D eigenvalue weighted by atomic mass is 15.2.